The van der Waals surface area contributed by atoms with Gasteiger partial charge in [-0.15, -0.1) is 0 Å². The van der Waals surface area contributed by atoms with E-state index in [4.69, 9.17) is 5.73 Å². The van der Waals surface area contributed by atoms with Crippen molar-refractivity contribution in [2.45, 2.75) is 26.3 Å². The molecule has 1 unspecified atom stereocenters. The van der Waals surface area contributed by atoms with E-state index in [9.17, 15) is 0 Å². The van der Waals surface area contributed by atoms with Gasteiger partial charge >= 0.3 is 0 Å². The second kappa shape index (κ2) is 5.63. The molecule has 0 saturated heterocycles. The van der Waals surface area contributed by atoms with E-state index < -0.39 is 0 Å². The number of benzene rings is 1. The van der Waals surface area contributed by atoms with Gasteiger partial charge in [-0.2, -0.15) is 0 Å². The lowest BCUT2D eigenvalue weighted by Gasteiger charge is -2.14. The summed E-state index contributed by atoms with van der Waals surface area (Å²) >= 11 is 3.51. The highest BCUT2D eigenvalue weighted by atomic mass is 79.9. The molecular weight excluding hydrogens is 288 g/mol. The van der Waals surface area contributed by atoms with Crippen LogP contribution in [0.3, 0.4) is 0 Å². The lowest BCUT2D eigenvalue weighted by Crippen LogP contribution is -2.15. The molecule has 3 heteroatoms. The molecule has 0 aliphatic carbocycles. The summed E-state index contributed by atoms with van der Waals surface area (Å²) in [6.07, 6.45) is 2.59. The Labute approximate surface area is 116 Å². The molecule has 1 aromatic carbocycles. The van der Waals surface area contributed by atoms with Crippen molar-refractivity contribution in [3.8, 4) is 0 Å². The zero-order valence-corrected chi connectivity index (χ0v) is 12.2. The standard InChI is InChI=1S/C15H17BrN2/c1-10-6-12(8-13(16)7-10)14(17)9-15-11(2)4-3-5-18-15/h3-8,14H,9,17H2,1-2H3. The Morgan fingerprint density at radius 2 is 2.06 bits per heavy atom. The van der Waals surface area contributed by atoms with Gasteiger partial charge < -0.3 is 5.73 Å². The minimum Gasteiger partial charge on any atom is -0.324 e. The number of rotatable bonds is 3. The second-order valence-corrected chi connectivity index (χ2v) is 5.56. The van der Waals surface area contributed by atoms with Gasteiger partial charge in [-0.3, -0.25) is 4.98 Å². The maximum atomic E-state index is 6.27. The molecule has 18 heavy (non-hydrogen) atoms. The van der Waals surface area contributed by atoms with E-state index in [0.29, 0.717) is 0 Å². The van der Waals surface area contributed by atoms with Crippen molar-refractivity contribution in [2.24, 2.45) is 5.73 Å². The number of aromatic nitrogens is 1. The molecule has 2 nitrogen and oxygen atoms in total. The van der Waals surface area contributed by atoms with Gasteiger partial charge in [-0.1, -0.05) is 28.1 Å². The van der Waals surface area contributed by atoms with Crippen molar-refractivity contribution in [1.29, 1.82) is 0 Å². The molecule has 0 fully saturated rings. The molecule has 1 atom stereocenters. The van der Waals surface area contributed by atoms with E-state index in [2.05, 4.69) is 59.0 Å². The third-order valence-corrected chi connectivity index (χ3v) is 3.48. The van der Waals surface area contributed by atoms with Crippen molar-refractivity contribution < 1.29 is 0 Å². The molecule has 2 rings (SSSR count). The fourth-order valence-corrected chi connectivity index (χ4v) is 2.66. The van der Waals surface area contributed by atoms with E-state index >= 15 is 0 Å². The summed E-state index contributed by atoms with van der Waals surface area (Å²) < 4.78 is 1.07. The summed E-state index contributed by atoms with van der Waals surface area (Å²) in [7, 11) is 0. The average Bonchev–Trinajstić information content (AvgIpc) is 2.31. The molecule has 0 spiro atoms. The fraction of sp³-hybridized carbons (Fsp3) is 0.267. The molecule has 2 aromatic rings. The largest absolute Gasteiger partial charge is 0.324 e. The summed E-state index contributed by atoms with van der Waals surface area (Å²) in [4.78, 5) is 4.40. The number of hydrogen-bond acceptors (Lipinski definition) is 2. The molecule has 0 radical (unpaired) electrons. The zero-order chi connectivity index (χ0) is 13.1. The molecule has 0 aliphatic rings. The third-order valence-electron chi connectivity index (χ3n) is 3.02. The highest BCUT2D eigenvalue weighted by molar-refractivity contribution is 9.10. The maximum absolute atomic E-state index is 6.27. The number of nitrogens with zero attached hydrogens (tertiary/aromatic N) is 1. The number of nitrogens with two attached hydrogens (primary N) is 1. The van der Waals surface area contributed by atoms with Crippen molar-refractivity contribution in [3.63, 3.8) is 0 Å². The summed E-state index contributed by atoms with van der Waals surface area (Å²) in [6.45, 7) is 4.15. The number of halogens is 1. The predicted molar refractivity (Wildman–Crippen MR) is 78.5 cm³/mol. The van der Waals surface area contributed by atoms with E-state index in [-0.39, 0.29) is 6.04 Å². The van der Waals surface area contributed by atoms with Gasteiger partial charge in [0.1, 0.15) is 0 Å². The van der Waals surface area contributed by atoms with Crippen molar-refractivity contribution in [1.82, 2.24) is 4.98 Å². The molecule has 0 aliphatic heterocycles. The Morgan fingerprint density at radius 3 is 2.72 bits per heavy atom. The summed E-state index contributed by atoms with van der Waals surface area (Å²) in [6, 6.07) is 10.3. The highest BCUT2D eigenvalue weighted by Gasteiger charge is 2.10. The Balaban J connectivity index is 2.22. The van der Waals surface area contributed by atoms with Gasteiger partial charge in [0, 0.05) is 28.8 Å². The molecule has 1 aromatic heterocycles. The minimum absolute atomic E-state index is 0.0187. The third kappa shape index (κ3) is 3.18. The van der Waals surface area contributed by atoms with Crippen LogP contribution in [0.15, 0.2) is 41.0 Å². The van der Waals surface area contributed by atoms with Crippen LogP contribution in [-0.2, 0) is 6.42 Å². The number of hydrogen-bond donors (Lipinski definition) is 1. The van der Waals surface area contributed by atoms with Crippen LogP contribution in [0.4, 0.5) is 0 Å². The normalized spacial score (nSPS) is 12.4. The van der Waals surface area contributed by atoms with E-state index in [0.717, 1.165) is 22.2 Å². The molecular formula is C15H17BrN2. The Hall–Kier alpha value is -1.19. The quantitative estimate of drug-likeness (QED) is 0.939. The first-order chi connectivity index (χ1) is 8.56. The average molecular weight is 305 g/mol. The van der Waals surface area contributed by atoms with Crippen LogP contribution < -0.4 is 5.73 Å². The van der Waals surface area contributed by atoms with Gasteiger partial charge in [0.2, 0.25) is 0 Å². The molecule has 94 valence electrons. The van der Waals surface area contributed by atoms with Crippen LogP contribution in [0.5, 0.6) is 0 Å². The van der Waals surface area contributed by atoms with Crippen LogP contribution in [0, 0.1) is 13.8 Å². The monoisotopic (exact) mass is 304 g/mol. The van der Waals surface area contributed by atoms with Crippen molar-refractivity contribution in [3.05, 3.63) is 63.4 Å². The first-order valence-corrected chi connectivity index (χ1v) is 6.78. The van der Waals surface area contributed by atoms with Crippen LogP contribution in [0.2, 0.25) is 0 Å². The number of pyridine rings is 1. The number of aryl methyl sites for hydroxylation is 2. The van der Waals surface area contributed by atoms with E-state index in [1.165, 1.54) is 11.1 Å². The van der Waals surface area contributed by atoms with Crippen LogP contribution in [0.25, 0.3) is 0 Å². The Kier molecular flexibility index (Phi) is 4.15. The minimum atomic E-state index is -0.0187. The predicted octanol–water partition coefficient (Wildman–Crippen LogP) is 3.70. The highest BCUT2D eigenvalue weighted by Crippen LogP contribution is 2.22. The SMILES string of the molecule is Cc1cc(Br)cc(C(N)Cc2ncccc2C)c1. The summed E-state index contributed by atoms with van der Waals surface area (Å²) in [5.74, 6) is 0. The molecule has 0 amide bonds. The van der Waals surface area contributed by atoms with E-state index in [1.54, 1.807) is 0 Å². The van der Waals surface area contributed by atoms with Gasteiger partial charge in [-0.25, -0.2) is 0 Å². The molecule has 0 saturated carbocycles. The molecule has 1 heterocycles. The second-order valence-electron chi connectivity index (χ2n) is 4.64. The molecule has 0 bridgehead atoms. The smallest absolute Gasteiger partial charge is 0.0451 e. The van der Waals surface area contributed by atoms with Gasteiger partial charge in [0.15, 0.2) is 0 Å². The Bertz CT molecular complexity index is 532. The first-order valence-electron chi connectivity index (χ1n) is 5.99. The van der Waals surface area contributed by atoms with Crippen LogP contribution >= 0.6 is 15.9 Å². The van der Waals surface area contributed by atoms with Crippen LogP contribution in [0.1, 0.15) is 28.4 Å². The van der Waals surface area contributed by atoms with Gasteiger partial charge in [-0.05, 0) is 48.7 Å². The van der Waals surface area contributed by atoms with Gasteiger partial charge in [0.05, 0.1) is 0 Å². The topological polar surface area (TPSA) is 38.9 Å². The van der Waals surface area contributed by atoms with E-state index in [1.807, 2.05) is 12.3 Å². The Morgan fingerprint density at radius 1 is 1.28 bits per heavy atom. The zero-order valence-electron chi connectivity index (χ0n) is 10.7. The van der Waals surface area contributed by atoms with Gasteiger partial charge in [0.25, 0.3) is 0 Å². The lowest BCUT2D eigenvalue weighted by molar-refractivity contribution is 0.701. The van der Waals surface area contributed by atoms with Crippen molar-refractivity contribution >= 4 is 15.9 Å². The fourth-order valence-electron chi connectivity index (χ4n) is 2.04. The van der Waals surface area contributed by atoms with Crippen molar-refractivity contribution in [2.75, 3.05) is 0 Å². The molecule has 2 N–H and O–H groups in total. The van der Waals surface area contributed by atoms with Crippen LogP contribution in [-0.4, -0.2) is 4.98 Å². The summed E-state index contributed by atoms with van der Waals surface area (Å²) in [5.41, 5.74) is 10.9. The first kappa shape index (κ1) is 13.2. The summed E-state index contributed by atoms with van der Waals surface area (Å²) in [5, 5.41) is 0. The lowest BCUT2D eigenvalue weighted by atomic mass is 9.99. The maximum Gasteiger partial charge on any atom is 0.0451 e.